The highest BCUT2D eigenvalue weighted by atomic mass is 35.5. The standard InChI is InChI=1S/C30H29ClN2O7S/c1-5-6-7-8-13-39-21-11-9-17(14-22(21)37-3)24-23-25(34)19-15-18(31)10-12-20(19)40-26(23)28(35)33(24)30-32-16(2)27(41-30)29(36)38-4/h9-12,14-15,24H,5-8,13H2,1-4H3. The van der Waals surface area contributed by atoms with Crippen LogP contribution in [-0.2, 0) is 4.74 Å². The fraction of sp³-hybridized carbons (Fsp3) is 0.333. The predicted molar refractivity (Wildman–Crippen MR) is 157 cm³/mol. The largest absolute Gasteiger partial charge is 0.493 e. The molecule has 0 spiro atoms. The quantitative estimate of drug-likeness (QED) is 0.147. The first-order valence-corrected chi connectivity index (χ1v) is 14.4. The predicted octanol–water partition coefficient (Wildman–Crippen LogP) is 6.72. The SMILES string of the molecule is CCCCCCOc1ccc(C2c3c(oc4ccc(Cl)cc4c3=O)C(=O)N2c2nc(C)c(C(=O)OC)s2)cc1OC. The minimum Gasteiger partial charge on any atom is -0.493 e. The van der Waals surface area contributed by atoms with E-state index in [1.54, 1.807) is 37.3 Å². The number of ether oxygens (including phenoxy) is 3. The average molecular weight is 597 g/mol. The summed E-state index contributed by atoms with van der Waals surface area (Å²) in [6.07, 6.45) is 4.26. The van der Waals surface area contributed by atoms with Crippen molar-refractivity contribution in [2.75, 3.05) is 25.7 Å². The van der Waals surface area contributed by atoms with E-state index in [0.717, 1.165) is 37.0 Å². The van der Waals surface area contributed by atoms with Crippen LogP contribution in [0.3, 0.4) is 0 Å². The Morgan fingerprint density at radius 2 is 1.90 bits per heavy atom. The second kappa shape index (κ2) is 11.9. The molecule has 214 valence electrons. The van der Waals surface area contributed by atoms with Gasteiger partial charge in [-0.25, -0.2) is 9.78 Å². The van der Waals surface area contributed by atoms with Gasteiger partial charge in [-0.05, 0) is 49.2 Å². The van der Waals surface area contributed by atoms with Crippen molar-refractivity contribution in [1.82, 2.24) is 4.98 Å². The Bertz CT molecular complexity index is 1700. The average Bonchev–Trinajstić information content (AvgIpc) is 3.50. The van der Waals surface area contributed by atoms with E-state index >= 15 is 0 Å². The van der Waals surface area contributed by atoms with Crippen LogP contribution in [0.15, 0.2) is 45.6 Å². The lowest BCUT2D eigenvalue weighted by Gasteiger charge is -2.23. The number of benzene rings is 2. The first-order valence-electron chi connectivity index (χ1n) is 13.2. The molecule has 11 heteroatoms. The van der Waals surface area contributed by atoms with Crippen molar-refractivity contribution in [3.8, 4) is 11.5 Å². The summed E-state index contributed by atoms with van der Waals surface area (Å²) in [6.45, 7) is 4.35. The molecule has 2 aromatic carbocycles. The van der Waals surface area contributed by atoms with Crippen LogP contribution in [0.1, 0.15) is 75.7 Å². The van der Waals surface area contributed by atoms with Gasteiger partial charge in [0.15, 0.2) is 22.1 Å². The number of carbonyl (C=O) groups excluding carboxylic acids is 2. The number of nitrogens with zero attached hydrogens (tertiary/aromatic N) is 2. The molecular formula is C30H29ClN2O7S. The van der Waals surface area contributed by atoms with Crippen LogP contribution < -0.4 is 19.8 Å². The number of aryl methyl sites for hydroxylation is 1. The van der Waals surface area contributed by atoms with Crippen molar-refractivity contribution in [3.05, 3.63) is 79.1 Å². The molecule has 0 radical (unpaired) electrons. The van der Waals surface area contributed by atoms with Gasteiger partial charge in [-0.1, -0.05) is 55.2 Å². The molecule has 1 unspecified atom stereocenters. The van der Waals surface area contributed by atoms with Crippen LogP contribution in [0.25, 0.3) is 11.0 Å². The van der Waals surface area contributed by atoms with Crippen LogP contribution in [0, 0.1) is 6.92 Å². The van der Waals surface area contributed by atoms with Gasteiger partial charge in [0.25, 0.3) is 5.91 Å². The molecule has 41 heavy (non-hydrogen) atoms. The number of fused-ring (bicyclic) bond motifs is 2. The Balaban J connectivity index is 1.65. The van der Waals surface area contributed by atoms with Crippen molar-refractivity contribution in [2.45, 2.75) is 45.6 Å². The monoisotopic (exact) mass is 596 g/mol. The molecule has 0 aliphatic carbocycles. The molecule has 0 saturated heterocycles. The van der Waals surface area contributed by atoms with Gasteiger partial charge in [0.1, 0.15) is 10.5 Å². The van der Waals surface area contributed by atoms with Gasteiger partial charge in [0.2, 0.25) is 5.76 Å². The number of thiazole rings is 1. The first kappa shape index (κ1) is 28.6. The zero-order chi connectivity index (χ0) is 29.3. The number of rotatable bonds is 10. The van der Waals surface area contributed by atoms with Crippen molar-refractivity contribution >= 4 is 50.9 Å². The summed E-state index contributed by atoms with van der Waals surface area (Å²) < 4.78 is 22.5. The molecule has 1 aliphatic heterocycles. The number of amides is 1. The molecule has 1 amide bonds. The van der Waals surface area contributed by atoms with Crippen molar-refractivity contribution in [2.24, 2.45) is 0 Å². The van der Waals surface area contributed by atoms with Crippen LogP contribution in [-0.4, -0.2) is 37.7 Å². The fourth-order valence-corrected chi connectivity index (χ4v) is 6.09. The molecule has 0 saturated carbocycles. The third-order valence-electron chi connectivity index (χ3n) is 6.95. The third kappa shape index (κ3) is 5.29. The van der Waals surface area contributed by atoms with E-state index < -0.39 is 17.9 Å². The van der Waals surface area contributed by atoms with Gasteiger partial charge in [-0.15, -0.1) is 0 Å². The number of halogens is 1. The number of hydrogen-bond donors (Lipinski definition) is 0. The van der Waals surface area contributed by atoms with E-state index in [0.29, 0.717) is 34.4 Å². The Kier molecular flexibility index (Phi) is 8.32. The normalized spacial score (nSPS) is 14.4. The molecular weight excluding hydrogens is 568 g/mol. The number of aromatic nitrogens is 1. The second-order valence-electron chi connectivity index (χ2n) is 9.61. The summed E-state index contributed by atoms with van der Waals surface area (Å²) >= 11 is 7.20. The number of esters is 1. The Hall–Kier alpha value is -3.89. The summed E-state index contributed by atoms with van der Waals surface area (Å²) in [4.78, 5) is 46.3. The Morgan fingerprint density at radius 3 is 2.63 bits per heavy atom. The molecule has 2 aromatic heterocycles. The van der Waals surface area contributed by atoms with Gasteiger partial charge in [0, 0.05) is 5.02 Å². The summed E-state index contributed by atoms with van der Waals surface area (Å²) in [6, 6.07) is 9.04. The number of anilines is 1. The van der Waals surface area contributed by atoms with E-state index in [9.17, 15) is 14.4 Å². The molecule has 5 rings (SSSR count). The van der Waals surface area contributed by atoms with Gasteiger partial charge < -0.3 is 18.6 Å². The first-order chi connectivity index (χ1) is 19.8. The maximum Gasteiger partial charge on any atom is 0.350 e. The maximum atomic E-state index is 13.9. The molecule has 1 aliphatic rings. The second-order valence-corrected chi connectivity index (χ2v) is 11.0. The van der Waals surface area contributed by atoms with Gasteiger partial charge >= 0.3 is 5.97 Å². The number of hydrogen-bond acceptors (Lipinski definition) is 9. The zero-order valence-corrected chi connectivity index (χ0v) is 24.7. The molecule has 0 bridgehead atoms. The number of methoxy groups -OCH3 is 2. The van der Waals surface area contributed by atoms with E-state index in [1.807, 2.05) is 0 Å². The molecule has 0 fully saturated rings. The lowest BCUT2D eigenvalue weighted by Crippen LogP contribution is -2.29. The highest BCUT2D eigenvalue weighted by molar-refractivity contribution is 7.17. The summed E-state index contributed by atoms with van der Waals surface area (Å²) in [5, 5.41) is 0.837. The smallest absolute Gasteiger partial charge is 0.350 e. The lowest BCUT2D eigenvalue weighted by molar-refractivity contribution is 0.0605. The zero-order valence-electron chi connectivity index (χ0n) is 23.1. The van der Waals surface area contributed by atoms with Crippen LogP contribution in [0.2, 0.25) is 5.02 Å². The van der Waals surface area contributed by atoms with E-state index in [-0.39, 0.29) is 37.7 Å². The van der Waals surface area contributed by atoms with Gasteiger partial charge in [-0.2, -0.15) is 0 Å². The topological polar surface area (TPSA) is 108 Å². The molecule has 9 nitrogen and oxygen atoms in total. The minimum atomic E-state index is -0.916. The summed E-state index contributed by atoms with van der Waals surface area (Å²) in [5.74, 6) is -0.211. The van der Waals surface area contributed by atoms with Crippen LogP contribution >= 0.6 is 22.9 Å². The van der Waals surface area contributed by atoms with Gasteiger partial charge in [-0.3, -0.25) is 14.5 Å². The minimum absolute atomic E-state index is 0.0995. The number of unbranched alkanes of at least 4 members (excludes halogenated alkanes) is 3. The summed E-state index contributed by atoms with van der Waals surface area (Å²) in [5.41, 5.74) is 0.976. The molecule has 3 heterocycles. The van der Waals surface area contributed by atoms with E-state index in [1.165, 1.54) is 25.2 Å². The van der Waals surface area contributed by atoms with E-state index in [2.05, 4.69) is 11.9 Å². The van der Waals surface area contributed by atoms with Crippen LogP contribution in [0.5, 0.6) is 11.5 Å². The fourth-order valence-electron chi connectivity index (χ4n) is 4.91. The van der Waals surface area contributed by atoms with Crippen molar-refractivity contribution in [3.63, 3.8) is 0 Å². The molecule has 4 aromatic rings. The molecule has 1 atom stereocenters. The highest BCUT2D eigenvalue weighted by Gasteiger charge is 2.45. The lowest BCUT2D eigenvalue weighted by atomic mass is 9.98. The number of carbonyl (C=O) groups is 2. The highest BCUT2D eigenvalue weighted by Crippen LogP contribution is 2.45. The van der Waals surface area contributed by atoms with E-state index in [4.69, 9.17) is 30.2 Å². The third-order valence-corrected chi connectivity index (χ3v) is 8.33. The van der Waals surface area contributed by atoms with Crippen molar-refractivity contribution < 1.29 is 28.2 Å². The maximum absolute atomic E-state index is 13.9. The molecule has 0 N–H and O–H groups in total. The van der Waals surface area contributed by atoms with Crippen LogP contribution in [0.4, 0.5) is 5.13 Å². The Labute approximate surface area is 245 Å². The van der Waals surface area contributed by atoms with Gasteiger partial charge in [0.05, 0.1) is 43.5 Å². The Morgan fingerprint density at radius 1 is 1.10 bits per heavy atom. The summed E-state index contributed by atoms with van der Waals surface area (Å²) in [7, 11) is 2.81. The van der Waals surface area contributed by atoms with Crippen molar-refractivity contribution in [1.29, 1.82) is 0 Å².